The van der Waals surface area contributed by atoms with E-state index in [4.69, 9.17) is 0 Å². The third kappa shape index (κ3) is 5.18. The summed E-state index contributed by atoms with van der Waals surface area (Å²) < 4.78 is 52.3. The number of halogens is 4. The monoisotopic (exact) mass is 383 g/mol. The number of aromatic nitrogens is 1. The van der Waals surface area contributed by atoms with Crippen molar-refractivity contribution in [3.8, 4) is 0 Å². The normalized spacial score (nSPS) is 12.6. The Balaban J connectivity index is 2.00. The fourth-order valence-electron chi connectivity index (χ4n) is 2.58. The zero-order valence-electron chi connectivity index (χ0n) is 15.3. The molecule has 1 N–H and O–H groups in total. The maximum absolute atomic E-state index is 14.0. The molecule has 0 unspecified atom stereocenters. The van der Waals surface area contributed by atoms with E-state index in [1.165, 1.54) is 11.0 Å². The molecule has 0 radical (unpaired) electrons. The molecule has 0 fully saturated rings. The smallest absolute Gasteiger partial charge is 0.334 e. The van der Waals surface area contributed by atoms with Crippen molar-refractivity contribution in [1.29, 1.82) is 0 Å². The van der Waals surface area contributed by atoms with Crippen molar-refractivity contribution >= 4 is 6.03 Å². The summed E-state index contributed by atoms with van der Waals surface area (Å²) in [6.07, 6.45) is -2.59. The number of hydrogen-bond donors (Lipinski definition) is 1. The van der Waals surface area contributed by atoms with Gasteiger partial charge in [0.15, 0.2) is 0 Å². The molecule has 1 aromatic carbocycles. The van der Waals surface area contributed by atoms with E-state index >= 15 is 0 Å². The summed E-state index contributed by atoms with van der Waals surface area (Å²) in [6, 6.07) is 6.03. The fraction of sp³-hybridized carbons (Fsp3) is 0.368. The third-order valence-corrected chi connectivity index (χ3v) is 4.40. The average molecular weight is 383 g/mol. The number of carbonyl (C=O) groups excluding carboxylic acids is 1. The number of rotatable bonds is 5. The Morgan fingerprint density at radius 3 is 2.59 bits per heavy atom. The molecule has 0 spiro atoms. The molecule has 0 bridgehead atoms. The summed E-state index contributed by atoms with van der Waals surface area (Å²) in [5.41, 5.74) is 0.291. The first-order chi connectivity index (χ1) is 12.6. The van der Waals surface area contributed by atoms with E-state index in [0.717, 1.165) is 17.3 Å². The van der Waals surface area contributed by atoms with Crippen LogP contribution in [0.2, 0.25) is 0 Å². The summed E-state index contributed by atoms with van der Waals surface area (Å²) in [7, 11) is 1.57. The van der Waals surface area contributed by atoms with Crippen molar-refractivity contribution in [2.75, 3.05) is 7.05 Å². The second kappa shape index (κ2) is 8.37. The largest absolute Gasteiger partial charge is 0.419 e. The van der Waals surface area contributed by atoms with Gasteiger partial charge in [0, 0.05) is 43.5 Å². The minimum absolute atomic E-state index is 0.204. The number of likely N-dealkylation sites (N-methyl/N-ethyl adjacent to an activating group) is 1. The van der Waals surface area contributed by atoms with Crippen LogP contribution < -0.4 is 5.32 Å². The van der Waals surface area contributed by atoms with E-state index in [2.05, 4.69) is 10.3 Å². The highest BCUT2D eigenvalue weighted by molar-refractivity contribution is 5.74. The lowest BCUT2D eigenvalue weighted by atomic mass is 10.1. The quantitative estimate of drug-likeness (QED) is 0.782. The van der Waals surface area contributed by atoms with Crippen molar-refractivity contribution in [3.05, 3.63) is 64.7 Å². The van der Waals surface area contributed by atoms with Crippen LogP contribution >= 0.6 is 0 Å². The molecule has 0 aliphatic heterocycles. The van der Waals surface area contributed by atoms with Crippen LogP contribution in [0.5, 0.6) is 0 Å². The molecule has 8 heteroatoms. The highest BCUT2D eigenvalue weighted by Crippen LogP contribution is 2.32. The number of pyridine rings is 1. The summed E-state index contributed by atoms with van der Waals surface area (Å²) >= 11 is 0. The number of nitrogens with zero attached hydrogens (tertiary/aromatic N) is 2. The van der Waals surface area contributed by atoms with E-state index in [9.17, 15) is 22.4 Å². The number of nitrogens with one attached hydrogen (secondary N) is 1. The lowest BCUT2D eigenvalue weighted by molar-refractivity contribution is -0.140. The van der Waals surface area contributed by atoms with Gasteiger partial charge in [-0.3, -0.25) is 4.98 Å². The molecule has 1 heterocycles. The molecule has 4 nitrogen and oxygen atoms in total. The molecule has 2 rings (SSSR count). The first-order valence-corrected chi connectivity index (χ1v) is 8.37. The SMILES string of the molecule is Cc1cccnc1C[C@H](C)N(C)C(=O)NCc1cccc(C(F)(F)F)c1F. The van der Waals surface area contributed by atoms with Crippen LogP contribution in [0.25, 0.3) is 0 Å². The zero-order chi connectivity index (χ0) is 20.2. The van der Waals surface area contributed by atoms with Crippen LogP contribution in [0.1, 0.15) is 29.3 Å². The average Bonchev–Trinajstić information content (AvgIpc) is 2.60. The van der Waals surface area contributed by atoms with Crippen LogP contribution in [0.4, 0.5) is 22.4 Å². The van der Waals surface area contributed by atoms with E-state index in [1.54, 1.807) is 13.2 Å². The lowest BCUT2D eigenvalue weighted by Gasteiger charge is -2.25. The second-order valence-electron chi connectivity index (χ2n) is 6.37. The molecule has 1 aromatic heterocycles. The van der Waals surface area contributed by atoms with Gasteiger partial charge in [-0.15, -0.1) is 0 Å². The van der Waals surface area contributed by atoms with E-state index < -0.39 is 23.6 Å². The summed E-state index contributed by atoms with van der Waals surface area (Å²) in [5.74, 6) is -1.37. The highest BCUT2D eigenvalue weighted by Gasteiger charge is 2.34. The lowest BCUT2D eigenvalue weighted by Crippen LogP contribution is -2.43. The summed E-state index contributed by atoms with van der Waals surface area (Å²) in [5, 5.41) is 2.46. The number of urea groups is 1. The van der Waals surface area contributed by atoms with Crippen molar-refractivity contribution in [3.63, 3.8) is 0 Å². The Morgan fingerprint density at radius 2 is 1.96 bits per heavy atom. The van der Waals surface area contributed by atoms with Crippen LogP contribution in [-0.4, -0.2) is 29.0 Å². The number of aryl methyl sites for hydroxylation is 1. The summed E-state index contributed by atoms with van der Waals surface area (Å²) in [6.45, 7) is 3.42. The topological polar surface area (TPSA) is 45.2 Å². The van der Waals surface area contributed by atoms with E-state index in [0.29, 0.717) is 12.5 Å². The van der Waals surface area contributed by atoms with Gasteiger partial charge in [-0.2, -0.15) is 13.2 Å². The number of alkyl halides is 3. The van der Waals surface area contributed by atoms with Gasteiger partial charge in [0.2, 0.25) is 0 Å². The summed E-state index contributed by atoms with van der Waals surface area (Å²) in [4.78, 5) is 18.0. The molecule has 27 heavy (non-hydrogen) atoms. The number of benzene rings is 1. The molecular weight excluding hydrogens is 362 g/mol. The number of carbonyl (C=O) groups is 1. The molecule has 0 saturated heterocycles. The van der Waals surface area contributed by atoms with Gasteiger partial charge in [-0.05, 0) is 31.5 Å². The molecule has 0 aliphatic carbocycles. The van der Waals surface area contributed by atoms with Crippen molar-refractivity contribution < 1.29 is 22.4 Å². The minimum Gasteiger partial charge on any atom is -0.334 e. The Labute approximate surface area is 155 Å². The number of hydrogen-bond acceptors (Lipinski definition) is 2. The first-order valence-electron chi connectivity index (χ1n) is 8.37. The van der Waals surface area contributed by atoms with Crippen molar-refractivity contribution in [2.24, 2.45) is 0 Å². The van der Waals surface area contributed by atoms with Gasteiger partial charge in [0.1, 0.15) is 5.82 Å². The molecule has 2 aromatic rings. The highest BCUT2D eigenvalue weighted by atomic mass is 19.4. The Bertz CT molecular complexity index is 808. The van der Waals surface area contributed by atoms with Crippen LogP contribution in [0, 0.1) is 12.7 Å². The second-order valence-corrected chi connectivity index (χ2v) is 6.37. The predicted octanol–water partition coefficient (Wildman–Crippen LogP) is 4.32. The molecule has 0 aliphatic rings. The molecular formula is C19H21F4N3O. The molecule has 146 valence electrons. The molecule has 1 atom stereocenters. The first kappa shape index (κ1) is 20.7. The van der Waals surface area contributed by atoms with Gasteiger partial charge in [0.25, 0.3) is 0 Å². The molecule has 0 saturated carbocycles. The Kier molecular flexibility index (Phi) is 6.41. The van der Waals surface area contributed by atoms with Crippen LogP contribution in [-0.2, 0) is 19.1 Å². The fourth-order valence-corrected chi connectivity index (χ4v) is 2.58. The van der Waals surface area contributed by atoms with Crippen LogP contribution in [0.15, 0.2) is 36.5 Å². The van der Waals surface area contributed by atoms with E-state index in [1.807, 2.05) is 26.0 Å². The van der Waals surface area contributed by atoms with Gasteiger partial charge >= 0.3 is 12.2 Å². The maximum atomic E-state index is 14.0. The standard InChI is InChI=1S/C19H21F4N3O/c1-12-6-5-9-24-16(12)10-13(2)26(3)18(27)25-11-14-7-4-8-15(17(14)20)19(21,22)23/h4-9,13H,10-11H2,1-3H3,(H,25,27)/t13-/m0/s1. The third-order valence-electron chi connectivity index (χ3n) is 4.40. The van der Waals surface area contributed by atoms with Gasteiger partial charge in [0.05, 0.1) is 5.56 Å². The minimum atomic E-state index is -4.78. The van der Waals surface area contributed by atoms with Gasteiger partial charge in [-0.1, -0.05) is 18.2 Å². The Morgan fingerprint density at radius 1 is 1.26 bits per heavy atom. The van der Waals surface area contributed by atoms with E-state index in [-0.39, 0.29) is 18.2 Å². The van der Waals surface area contributed by atoms with Crippen molar-refractivity contribution in [2.45, 2.75) is 39.0 Å². The number of amides is 2. The predicted molar refractivity (Wildman–Crippen MR) is 93.5 cm³/mol. The van der Waals surface area contributed by atoms with Crippen LogP contribution in [0.3, 0.4) is 0 Å². The van der Waals surface area contributed by atoms with Gasteiger partial charge < -0.3 is 10.2 Å². The maximum Gasteiger partial charge on any atom is 0.419 e. The zero-order valence-corrected chi connectivity index (χ0v) is 15.3. The van der Waals surface area contributed by atoms with Gasteiger partial charge in [-0.25, -0.2) is 9.18 Å². The Hall–Kier alpha value is -2.64. The molecule has 2 amide bonds. The van der Waals surface area contributed by atoms with Crippen molar-refractivity contribution in [1.82, 2.24) is 15.2 Å².